The summed E-state index contributed by atoms with van der Waals surface area (Å²) in [5, 5.41) is 0.605. The van der Waals surface area contributed by atoms with Gasteiger partial charge in [-0.2, -0.15) is 0 Å². The number of halogens is 1. The number of benzene rings is 1. The predicted octanol–water partition coefficient (Wildman–Crippen LogP) is 2.54. The zero-order valence-electron chi connectivity index (χ0n) is 9.66. The molecule has 2 N–H and O–H groups in total. The lowest BCUT2D eigenvalue weighted by Gasteiger charge is -2.28. The topological polar surface area (TPSA) is 52.3 Å². The Morgan fingerprint density at radius 2 is 2.12 bits per heavy atom. The molecular weight excluding hydrogens is 226 g/mol. The van der Waals surface area contributed by atoms with Gasteiger partial charge in [0.25, 0.3) is 0 Å². The minimum absolute atomic E-state index is 0.333. The largest absolute Gasteiger partial charge is 0.469 e. The van der Waals surface area contributed by atoms with E-state index in [4.69, 9.17) is 22.1 Å². The molecule has 0 spiro atoms. The van der Waals surface area contributed by atoms with E-state index in [0.29, 0.717) is 5.02 Å². The smallest absolute Gasteiger partial charge is 0.313 e. The molecule has 0 saturated carbocycles. The molecular formula is C12H16ClNO2. The second-order valence-corrected chi connectivity index (χ2v) is 4.68. The number of methoxy groups -OCH3 is 1. The van der Waals surface area contributed by atoms with Gasteiger partial charge in [-0.15, -0.1) is 0 Å². The second-order valence-electron chi connectivity index (χ2n) is 4.25. The molecule has 0 amide bonds. The zero-order valence-corrected chi connectivity index (χ0v) is 10.4. The first-order valence-electron chi connectivity index (χ1n) is 4.99. The molecule has 0 unspecified atom stereocenters. The van der Waals surface area contributed by atoms with E-state index >= 15 is 0 Å². The van der Waals surface area contributed by atoms with Gasteiger partial charge in [-0.05, 0) is 31.5 Å². The van der Waals surface area contributed by atoms with Crippen LogP contribution in [0.5, 0.6) is 0 Å². The van der Waals surface area contributed by atoms with Crippen LogP contribution >= 0.6 is 11.6 Å². The monoisotopic (exact) mass is 241 g/mol. The number of ether oxygens (including phenoxy) is 1. The average Bonchev–Trinajstić information content (AvgIpc) is 2.26. The molecule has 1 aromatic carbocycles. The van der Waals surface area contributed by atoms with Crippen LogP contribution in [0, 0.1) is 5.41 Å². The first-order chi connectivity index (χ1) is 7.39. The van der Waals surface area contributed by atoms with Crippen LogP contribution in [0.2, 0.25) is 5.02 Å². The Morgan fingerprint density at radius 3 is 2.62 bits per heavy atom. The lowest BCUT2D eigenvalue weighted by Crippen LogP contribution is -2.37. The molecule has 0 aliphatic carbocycles. The quantitative estimate of drug-likeness (QED) is 0.828. The van der Waals surface area contributed by atoms with Crippen molar-refractivity contribution in [3.8, 4) is 0 Å². The van der Waals surface area contributed by atoms with E-state index in [2.05, 4.69) is 0 Å². The maximum Gasteiger partial charge on any atom is 0.313 e. The van der Waals surface area contributed by atoms with E-state index in [-0.39, 0.29) is 5.97 Å². The van der Waals surface area contributed by atoms with Gasteiger partial charge in [0.2, 0.25) is 0 Å². The van der Waals surface area contributed by atoms with Crippen molar-refractivity contribution in [2.75, 3.05) is 7.11 Å². The van der Waals surface area contributed by atoms with Crippen molar-refractivity contribution in [3.05, 3.63) is 34.9 Å². The minimum Gasteiger partial charge on any atom is -0.469 e. The number of nitrogens with two attached hydrogens (primary N) is 1. The molecule has 4 heteroatoms. The fraction of sp³-hybridized carbons (Fsp3) is 0.417. The molecule has 0 aliphatic rings. The van der Waals surface area contributed by atoms with Crippen molar-refractivity contribution < 1.29 is 9.53 Å². The van der Waals surface area contributed by atoms with E-state index in [1.807, 2.05) is 12.1 Å². The fourth-order valence-electron chi connectivity index (χ4n) is 1.51. The van der Waals surface area contributed by atoms with Gasteiger partial charge in [0.15, 0.2) is 0 Å². The maximum absolute atomic E-state index is 11.6. The Hall–Kier alpha value is -1.06. The molecule has 0 heterocycles. The van der Waals surface area contributed by atoms with Gasteiger partial charge in [-0.25, -0.2) is 0 Å². The van der Waals surface area contributed by atoms with Crippen LogP contribution in [-0.2, 0) is 9.53 Å². The Labute approximate surface area is 101 Å². The molecule has 16 heavy (non-hydrogen) atoms. The van der Waals surface area contributed by atoms with Gasteiger partial charge >= 0.3 is 5.97 Å². The molecule has 1 aromatic rings. The Bertz CT molecular complexity index is 390. The molecule has 0 fully saturated rings. The number of esters is 1. The van der Waals surface area contributed by atoms with E-state index in [9.17, 15) is 4.79 Å². The molecule has 88 valence electrons. The third-order valence-electron chi connectivity index (χ3n) is 2.70. The van der Waals surface area contributed by atoms with Gasteiger partial charge in [-0.3, -0.25) is 4.79 Å². The van der Waals surface area contributed by atoms with E-state index < -0.39 is 11.5 Å². The van der Waals surface area contributed by atoms with Crippen molar-refractivity contribution in [2.24, 2.45) is 11.1 Å². The predicted molar refractivity (Wildman–Crippen MR) is 64.2 cm³/mol. The normalized spacial score (nSPS) is 13.3. The van der Waals surface area contributed by atoms with Crippen molar-refractivity contribution in [3.63, 3.8) is 0 Å². The summed E-state index contributed by atoms with van der Waals surface area (Å²) >= 11 is 5.88. The van der Waals surface area contributed by atoms with Crippen molar-refractivity contribution >= 4 is 17.6 Å². The van der Waals surface area contributed by atoms with E-state index in [0.717, 1.165) is 5.56 Å². The summed E-state index contributed by atoms with van der Waals surface area (Å²) in [5.74, 6) is -0.333. The van der Waals surface area contributed by atoms with Crippen molar-refractivity contribution in [1.82, 2.24) is 0 Å². The van der Waals surface area contributed by atoms with Gasteiger partial charge in [0, 0.05) is 11.1 Å². The third kappa shape index (κ3) is 2.54. The Morgan fingerprint density at radius 1 is 1.50 bits per heavy atom. The lowest BCUT2D eigenvalue weighted by molar-refractivity contribution is -0.152. The van der Waals surface area contributed by atoms with Crippen molar-refractivity contribution in [2.45, 2.75) is 19.9 Å². The Balaban J connectivity index is 3.01. The zero-order chi connectivity index (χ0) is 12.3. The second kappa shape index (κ2) is 4.85. The highest BCUT2D eigenvalue weighted by molar-refractivity contribution is 6.30. The van der Waals surface area contributed by atoms with Crippen LogP contribution in [0.3, 0.4) is 0 Å². The molecule has 1 atom stereocenters. The highest BCUT2D eigenvalue weighted by Gasteiger charge is 2.36. The summed E-state index contributed by atoms with van der Waals surface area (Å²) < 4.78 is 4.74. The van der Waals surface area contributed by atoms with Crippen LogP contribution in [0.25, 0.3) is 0 Å². The molecule has 1 rings (SSSR count). The lowest BCUT2D eigenvalue weighted by atomic mass is 9.81. The number of carbonyl (C=O) groups excluding carboxylic acids is 1. The van der Waals surface area contributed by atoms with Crippen LogP contribution < -0.4 is 5.73 Å². The number of carbonyl (C=O) groups is 1. The highest BCUT2D eigenvalue weighted by Crippen LogP contribution is 2.33. The van der Waals surface area contributed by atoms with Crippen molar-refractivity contribution in [1.29, 1.82) is 0 Å². The van der Waals surface area contributed by atoms with Gasteiger partial charge < -0.3 is 10.5 Å². The molecule has 0 radical (unpaired) electrons. The van der Waals surface area contributed by atoms with Gasteiger partial charge in [-0.1, -0.05) is 23.7 Å². The molecule has 3 nitrogen and oxygen atoms in total. The van der Waals surface area contributed by atoms with Gasteiger partial charge in [0.05, 0.1) is 12.5 Å². The first kappa shape index (κ1) is 13.0. The maximum atomic E-state index is 11.6. The summed E-state index contributed by atoms with van der Waals surface area (Å²) in [6, 6.07) is 6.74. The first-order valence-corrected chi connectivity index (χ1v) is 5.37. The van der Waals surface area contributed by atoms with Crippen LogP contribution in [0.4, 0.5) is 0 Å². The Kier molecular flexibility index (Phi) is 3.94. The van der Waals surface area contributed by atoms with Crippen LogP contribution in [0.15, 0.2) is 24.3 Å². The summed E-state index contributed by atoms with van der Waals surface area (Å²) in [6.45, 7) is 3.51. The molecule has 0 aliphatic heterocycles. The molecule has 0 aromatic heterocycles. The fourth-order valence-corrected chi connectivity index (χ4v) is 1.71. The highest BCUT2D eigenvalue weighted by atomic mass is 35.5. The van der Waals surface area contributed by atoms with Crippen LogP contribution in [-0.4, -0.2) is 13.1 Å². The van der Waals surface area contributed by atoms with Gasteiger partial charge in [0.1, 0.15) is 0 Å². The summed E-state index contributed by atoms with van der Waals surface area (Å²) in [6.07, 6.45) is 0. The van der Waals surface area contributed by atoms with E-state index in [1.165, 1.54) is 7.11 Å². The SMILES string of the molecule is COC(=O)C(C)(C)[C@H](N)c1cccc(Cl)c1. The number of hydrogen-bond acceptors (Lipinski definition) is 3. The number of rotatable bonds is 3. The molecule has 0 saturated heterocycles. The average molecular weight is 242 g/mol. The number of hydrogen-bond donors (Lipinski definition) is 1. The summed E-state index contributed by atoms with van der Waals surface area (Å²) in [7, 11) is 1.36. The summed E-state index contributed by atoms with van der Waals surface area (Å²) in [5.41, 5.74) is 6.10. The van der Waals surface area contributed by atoms with Crippen LogP contribution in [0.1, 0.15) is 25.5 Å². The minimum atomic E-state index is -0.778. The molecule has 0 bridgehead atoms. The van der Waals surface area contributed by atoms with E-state index in [1.54, 1.807) is 26.0 Å². The third-order valence-corrected chi connectivity index (χ3v) is 2.93. The standard InChI is InChI=1S/C12H16ClNO2/c1-12(2,11(15)16-3)10(14)8-5-4-6-9(13)7-8/h4-7,10H,14H2,1-3H3/t10-/m1/s1. The summed E-state index contributed by atoms with van der Waals surface area (Å²) in [4.78, 5) is 11.6.